The second-order valence-corrected chi connectivity index (χ2v) is 4.94. The highest BCUT2D eigenvalue weighted by molar-refractivity contribution is 7.99. The van der Waals surface area contributed by atoms with Gasteiger partial charge in [0.1, 0.15) is 6.61 Å². The van der Waals surface area contributed by atoms with Crippen molar-refractivity contribution in [3.63, 3.8) is 0 Å². The number of esters is 1. The SMILES string of the molecule is CCSCCOC(=O)/C=C/c1cccc([N+](=O)[O-])c1. The number of nitro benzene ring substituents is 1. The Morgan fingerprint density at radius 2 is 2.32 bits per heavy atom. The van der Waals surface area contributed by atoms with Crippen LogP contribution in [0.15, 0.2) is 30.3 Å². The van der Waals surface area contributed by atoms with E-state index in [-0.39, 0.29) is 5.69 Å². The lowest BCUT2D eigenvalue weighted by atomic mass is 10.2. The zero-order chi connectivity index (χ0) is 14.1. The quantitative estimate of drug-likeness (QED) is 0.253. The molecule has 0 atom stereocenters. The zero-order valence-electron chi connectivity index (χ0n) is 10.6. The molecule has 1 aromatic carbocycles. The largest absolute Gasteiger partial charge is 0.462 e. The Labute approximate surface area is 115 Å². The molecule has 1 aromatic rings. The molecule has 5 nitrogen and oxygen atoms in total. The van der Waals surface area contributed by atoms with Crippen molar-refractivity contribution in [2.75, 3.05) is 18.1 Å². The average molecular weight is 281 g/mol. The standard InChI is InChI=1S/C13H15NO4S/c1-2-19-9-8-18-13(15)7-6-11-4-3-5-12(10-11)14(16)17/h3-7,10H,2,8-9H2,1H3/b7-6+. The minimum Gasteiger partial charge on any atom is -0.462 e. The molecule has 0 fully saturated rings. The normalized spacial score (nSPS) is 10.6. The smallest absolute Gasteiger partial charge is 0.330 e. The molecule has 0 heterocycles. The number of non-ortho nitro benzene ring substituents is 1. The molecule has 6 heteroatoms. The van der Waals surface area contributed by atoms with Gasteiger partial charge in [0.15, 0.2) is 0 Å². The molecule has 0 saturated heterocycles. The third kappa shape index (κ3) is 6.05. The first-order valence-corrected chi connectivity index (χ1v) is 6.96. The Hall–Kier alpha value is -1.82. The monoisotopic (exact) mass is 281 g/mol. The van der Waals surface area contributed by atoms with E-state index in [2.05, 4.69) is 0 Å². The Morgan fingerprint density at radius 3 is 3.00 bits per heavy atom. The summed E-state index contributed by atoms with van der Waals surface area (Å²) in [5.41, 5.74) is 0.587. The molecule has 0 spiro atoms. The van der Waals surface area contributed by atoms with E-state index in [1.807, 2.05) is 6.92 Å². The molecule has 0 radical (unpaired) electrons. The molecule has 0 unspecified atom stereocenters. The van der Waals surface area contributed by atoms with Crippen molar-refractivity contribution in [1.82, 2.24) is 0 Å². The number of hydrogen-bond acceptors (Lipinski definition) is 5. The molecule has 0 N–H and O–H groups in total. The Kier molecular flexibility index (Phi) is 6.67. The minimum absolute atomic E-state index is 0.00476. The zero-order valence-corrected chi connectivity index (χ0v) is 11.4. The summed E-state index contributed by atoms with van der Waals surface area (Å²) in [5.74, 6) is 1.32. The van der Waals surface area contributed by atoms with Gasteiger partial charge >= 0.3 is 5.97 Å². The number of carbonyl (C=O) groups is 1. The van der Waals surface area contributed by atoms with E-state index in [4.69, 9.17) is 4.74 Å². The molecular formula is C13H15NO4S. The molecule has 0 bridgehead atoms. The first-order chi connectivity index (χ1) is 9.13. The molecule has 0 amide bonds. The van der Waals surface area contributed by atoms with Crippen LogP contribution in [0.5, 0.6) is 0 Å². The van der Waals surface area contributed by atoms with E-state index >= 15 is 0 Å². The summed E-state index contributed by atoms with van der Waals surface area (Å²) in [7, 11) is 0. The van der Waals surface area contributed by atoms with E-state index in [0.29, 0.717) is 12.2 Å². The summed E-state index contributed by atoms with van der Waals surface area (Å²) >= 11 is 1.69. The van der Waals surface area contributed by atoms with E-state index < -0.39 is 10.9 Å². The predicted octanol–water partition coefficient (Wildman–Crippen LogP) is 2.90. The lowest BCUT2D eigenvalue weighted by Crippen LogP contribution is -2.04. The summed E-state index contributed by atoms with van der Waals surface area (Å²) in [4.78, 5) is 21.5. The second-order valence-electron chi connectivity index (χ2n) is 3.55. The molecule has 0 saturated carbocycles. The number of carbonyl (C=O) groups excluding carboxylic acids is 1. The van der Waals surface area contributed by atoms with Gasteiger partial charge in [0.05, 0.1) is 4.92 Å². The summed E-state index contributed by atoms with van der Waals surface area (Å²) in [6, 6.07) is 6.05. The molecule has 19 heavy (non-hydrogen) atoms. The van der Waals surface area contributed by atoms with Crippen LogP contribution < -0.4 is 0 Å². The van der Waals surface area contributed by atoms with Crippen LogP contribution in [0.4, 0.5) is 5.69 Å². The van der Waals surface area contributed by atoms with Crippen LogP contribution in [0.3, 0.4) is 0 Å². The van der Waals surface area contributed by atoms with Gasteiger partial charge in [-0.25, -0.2) is 4.79 Å². The van der Waals surface area contributed by atoms with Crippen molar-refractivity contribution < 1.29 is 14.5 Å². The van der Waals surface area contributed by atoms with E-state index in [0.717, 1.165) is 11.5 Å². The van der Waals surface area contributed by atoms with Crippen LogP contribution in [-0.4, -0.2) is 29.0 Å². The van der Waals surface area contributed by atoms with Gasteiger partial charge in [0.25, 0.3) is 5.69 Å². The van der Waals surface area contributed by atoms with Crippen LogP contribution in [-0.2, 0) is 9.53 Å². The van der Waals surface area contributed by atoms with Crippen molar-refractivity contribution in [1.29, 1.82) is 0 Å². The van der Waals surface area contributed by atoms with Crippen molar-refractivity contribution in [2.24, 2.45) is 0 Å². The number of ether oxygens (including phenoxy) is 1. The molecule has 102 valence electrons. The lowest BCUT2D eigenvalue weighted by Gasteiger charge is -2.00. The fourth-order valence-electron chi connectivity index (χ4n) is 1.30. The molecular weight excluding hydrogens is 266 g/mol. The average Bonchev–Trinajstić information content (AvgIpc) is 2.41. The van der Waals surface area contributed by atoms with Crippen molar-refractivity contribution in [3.8, 4) is 0 Å². The number of benzene rings is 1. The summed E-state index contributed by atoms with van der Waals surface area (Å²) in [5, 5.41) is 10.6. The van der Waals surface area contributed by atoms with Gasteiger partial charge < -0.3 is 4.74 Å². The predicted molar refractivity (Wildman–Crippen MR) is 76.1 cm³/mol. The highest BCUT2D eigenvalue weighted by Gasteiger charge is 2.04. The van der Waals surface area contributed by atoms with Gasteiger partial charge in [-0.15, -0.1) is 0 Å². The van der Waals surface area contributed by atoms with Gasteiger partial charge in [0.2, 0.25) is 0 Å². The van der Waals surface area contributed by atoms with Crippen LogP contribution in [0.25, 0.3) is 6.08 Å². The fourth-order valence-corrected chi connectivity index (χ4v) is 1.79. The topological polar surface area (TPSA) is 69.4 Å². The lowest BCUT2D eigenvalue weighted by molar-refractivity contribution is -0.384. The minimum atomic E-state index is -0.475. The number of thioether (sulfide) groups is 1. The summed E-state index contributed by atoms with van der Waals surface area (Å²) < 4.78 is 4.96. The van der Waals surface area contributed by atoms with Gasteiger partial charge in [0, 0.05) is 24.0 Å². The Bertz CT molecular complexity index is 473. The maximum Gasteiger partial charge on any atom is 0.330 e. The number of nitro groups is 1. The molecule has 0 aliphatic heterocycles. The Morgan fingerprint density at radius 1 is 1.53 bits per heavy atom. The molecule has 0 aromatic heterocycles. The second kappa shape index (κ2) is 8.31. The van der Waals surface area contributed by atoms with Crippen LogP contribution in [0.2, 0.25) is 0 Å². The first-order valence-electron chi connectivity index (χ1n) is 5.80. The first kappa shape index (κ1) is 15.2. The molecule has 1 rings (SSSR count). The third-order valence-corrected chi connectivity index (χ3v) is 3.03. The molecule has 0 aliphatic carbocycles. The van der Waals surface area contributed by atoms with Crippen molar-refractivity contribution in [3.05, 3.63) is 46.0 Å². The van der Waals surface area contributed by atoms with E-state index in [1.165, 1.54) is 24.3 Å². The number of nitrogens with zero attached hydrogens (tertiary/aromatic N) is 1. The Balaban J connectivity index is 2.49. The maximum absolute atomic E-state index is 11.3. The van der Waals surface area contributed by atoms with E-state index in [1.54, 1.807) is 23.9 Å². The third-order valence-electron chi connectivity index (χ3n) is 2.17. The number of hydrogen-bond donors (Lipinski definition) is 0. The van der Waals surface area contributed by atoms with Gasteiger partial charge in [-0.1, -0.05) is 19.1 Å². The van der Waals surface area contributed by atoms with E-state index in [9.17, 15) is 14.9 Å². The van der Waals surface area contributed by atoms with Crippen molar-refractivity contribution in [2.45, 2.75) is 6.92 Å². The highest BCUT2D eigenvalue weighted by Crippen LogP contribution is 2.14. The van der Waals surface area contributed by atoms with Crippen LogP contribution in [0.1, 0.15) is 12.5 Å². The van der Waals surface area contributed by atoms with Gasteiger partial charge in [-0.3, -0.25) is 10.1 Å². The fraction of sp³-hybridized carbons (Fsp3) is 0.308. The highest BCUT2D eigenvalue weighted by atomic mass is 32.2. The van der Waals surface area contributed by atoms with Gasteiger partial charge in [-0.2, -0.15) is 11.8 Å². The maximum atomic E-state index is 11.3. The van der Waals surface area contributed by atoms with Crippen molar-refractivity contribution >= 4 is 29.5 Å². The van der Waals surface area contributed by atoms with Crippen LogP contribution in [0, 0.1) is 10.1 Å². The van der Waals surface area contributed by atoms with Gasteiger partial charge in [-0.05, 0) is 17.4 Å². The summed E-state index contributed by atoms with van der Waals surface area (Å²) in [6.45, 7) is 2.41. The number of rotatable bonds is 7. The molecule has 0 aliphatic rings. The summed E-state index contributed by atoms with van der Waals surface area (Å²) in [6.07, 6.45) is 2.78. The van der Waals surface area contributed by atoms with Crippen LogP contribution >= 0.6 is 11.8 Å².